The molecule has 1 aromatic carbocycles. The van der Waals surface area contributed by atoms with Crippen LogP contribution in [0.25, 0.3) is 0 Å². The Labute approximate surface area is 148 Å². The van der Waals surface area contributed by atoms with Crippen molar-refractivity contribution in [1.82, 2.24) is 16.0 Å². The van der Waals surface area contributed by atoms with Gasteiger partial charge in [0.1, 0.15) is 0 Å². The van der Waals surface area contributed by atoms with Crippen molar-refractivity contribution in [1.29, 1.82) is 0 Å². The van der Waals surface area contributed by atoms with E-state index in [0.717, 1.165) is 50.8 Å². The zero-order valence-electron chi connectivity index (χ0n) is 14.6. The molecule has 25 heavy (non-hydrogen) atoms. The van der Waals surface area contributed by atoms with E-state index in [1.54, 1.807) is 6.07 Å². The summed E-state index contributed by atoms with van der Waals surface area (Å²) in [4.78, 5) is 24.4. The summed E-state index contributed by atoms with van der Waals surface area (Å²) < 4.78 is 5.52. The molecule has 2 heterocycles. The molecule has 2 unspecified atom stereocenters. The molecule has 2 amide bonds. The molecule has 0 aromatic heterocycles. The fourth-order valence-electron chi connectivity index (χ4n) is 3.32. The number of ether oxygens (including phenoxy) is 1. The highest BCUT2D eigenvalue weighted by molar-refractivity contribution is 5.94. The summed E-state index contributed by atoms with van der Waals surface area (Å²) in [7, 11) is 0. The molecule has 3 N–H and O–H groups in total. The van der Waals surface area contributed by atoms with Crippen molar-refractivity contribution >= 4 is 11.8 Å². The van der Waals surface area contributed by atoms with Gasteiger partial charge in [0.15, 0.2) is 0 Å². The lowest BCUT2D eigenvalue weighted by molar-refractivity contribution is -0.123. The molecule has 0 bridgehead atoms. The minimum Gasteiger partial charge on any atom is -0.376 e. The van der Waals surface area contributed by atoms with Crippen molar-refractivity contribution in [2.45, 2.75) is 50.8 Å². The molecule has 0 aliphatic carbocycles. The Balaban J connectivity index is 1.48. The molecule has 2 aliphatic rings. The average molecular weight is 345 g/mol. The molecule has 0 radical (unpaired) electrons. The van der Waals surface area contributed by atoms with Crippen molar-refractivity contribution in [3.05, 3.63) is 35.4 Å². The molecule has 2 atom stereocenters. The second-order valence-corrected chi connectivity index (χ2v) is 6.77. The van der Waals surface area contributed by atoms with Crippen molar-refractivity contribution in [3.63, 3.8) is 0 Å². The van der Waals surface area contributed by atoms with Crippen LogP contribution in [0.4, 0.5) is 0 Å². The van der Waals surface area contributed by atoms with E-state index in [1.807, 2.05) is 18.2 Å². The number of amides is 2. The Hall–Kier alpha value is -1.92. The van der Waals surface area contributed by atoms with Crippen LogP contribution in [0.1, 0.15) is 48.0 Å². The summed E-state index contributed by atoms with van der Waals surface area (Å²) in [6.07, 6.45) is 5.30. The number of piperidine rings is 1. The first-order valence-electron chi connectivity index (χ1n) is 9.22. The lowest BCUT2D eigenvalue weighted by atomic mass is 10.0. The molecule has 3 rings (SSSR count). The Kier molecular flexibility index (Phi) is 6.42. The minimum atomic E-state index is -0.0994. The molecule has 0 spiro atoms. The van der Waals surface area contributed by atoms with Gasteiger partial charge in [-0.2, -0.15) is 0 Å². The van der Waals surface area contributed by atoms with E-state index in [-0.39, 0.29) is 24.0 Å². The van der Waals surface area contributed by atoms with Crippen LogP contribution in [0.5, 0.6) is 0 Å². The quantitative estimate of drug-likeness (QED) is 0.727. The summed E-state index contributed by atoms with van der Waals surface area (Å²) in [6.45, 7) is 2.67. The summed E-state index contributed by atoms with van der Waals surface area (Å²) in [5.74, 6) is -0.0643. The maximum atomic E-state index is 12.3. The number of carbonyl (C=O) groups is 2. The normalized spacial score (nSPS) is 23.2. The molecule has 2 saturated heterocycles. The summed E-state index contributed by atoms with van der Waals surface area (Å²) >= 11 is 0. The van der Waals surface area contributed by atoms with E-state index in [0.29, 0.717) is 18.7 Å². The van der Waals surface area contributed by atoms with E-state index in [9.17, 15) is 9.59 Å². The van der Waals surface area contributed by atoms with E-state index in [4.69, 9.17) is 4.74 Å². The lowest BCUT2D eigenvalue weighted by Gasteiger charge is -2.22. The van der Waals surface area contributed by atoms with Gasteiger partial charge in [0.25, 0.3) is 5.91 Å². The second-order valence-electron chi connectivity index (χ2n) is 6.77. The van der Waals surface area contributed by atoms with Crippen LogP contribution in [-0.2, 0) is 16.1 Å². The summed E-state index contributed by atoms with van der Waals surface area (Å²) in [6, 6.07) is 7.30. The third kappa shape index (κ3) is 5.28. The highest BCUT2D eigenvalue weighted by atomic mass is 16.5. The zero-order valence-corrected chi connectivity index (χ0v) is 14.6. The predicted octanol–water partition coefficient (Wildman–Crippen LogP) is 1.35. The van der Waals surface area contributed by atoms with Gasteiger partial charge in [-0.25, -0.2) is 0 Å². The Morgan fingerprint density at radius 2 is 2.08 bits per heavy atom. The maximum absolute atomic E-state index is 12.3. The molecule has 2 fully saturated rings. The molecular formula is C19H27N3O3. The summed E-state index contributed by atoms with van der Waals surface area (Å²) in [5, 5.41) is 9.12. The van der Waals surface area contributed by atoms with Gasteiger partial charge in [-0.3, -0.25) is 9.59 Å². The molecule has 6 nitrogen and oxygen atoms in total. The fraction of sp³-hybridized carbons (Fsp3) is 0.579. The van der Waals surface area contributed by atoms with Crippen LogP contribution in [0.2, 0.25) is 0 Å². The van der Waals surface area contributed by atoms with Crippen LogP contribution in [0, 0.1) is 0 Å². The van der Waals surface area contributed by atoms with Crippen LogP contribution in [0.15, 0.2) is 24.3 Å². The first kappa shape index (κ1) is 17.9. The summed E-state index contributed by atoms with van der Waals surface area (Å²) in [5.41, 5.74) is 1.54. The Morgan fingerprint density at radius 1 is 1.16 bits per heavy atom. The number of rotatable bonds is 6. The van der Waals surface area contributed by atoms with Crippen LogP contribution < -0.4 is 16.0 Å². The number of hydrogen-bond acceptors (Lipinski definition) is 4. The first-order valence-corrected chi connectivity index (χ1v) is 9.22. The van der Waals surface area contributed by atoms with Gasteiger partial charge in [0.2, 0.25) is 5.91 Å². The molecular weight excluding hydrogens is 318 g/mol. The second kappa shape index (κ2) is 8.97. The molecule has 6 heteroatoms. The Morgan fingerprint density at radius 3 is 2.84 bits per heavy atom. The number of carbonyl (C=O) groups excluding carboxylic acids is 2. The van der Waals surface area contributed by atoms with E-state index in [2.05, 4.69) is 16.0 Å². The van der Waals surface area contributed by atoms with E-state index in [1.165, 1.54) is 0 Å². The standard InChI is InChI=1S/C19H27N3O3/c23-18(22-13-16-7-4-10-25-16)15-6-3-5-14(11-15)12-21-19(24)17-8-1-2-9-20-17/h3,5-6,11,16-17,20H,1-2,4,7-10,12-13H2,(H,21,24)(H,22,23). The van der Waals surface area contributed by atoms with Crippen LogP contribution in [-0.4, -0.2) is 43.7 Å². The molecule has 2 aliphatic heterocycles. The smallest absolute Gasteiger partial charge is 0.251 e. The molecule has 0 saturated carbocycles. The van der Waals surface area contributed by atoms with Gasteiger partial charge in [-0.15, -0.1) is 0 Å². The van der Waals surface area contributed by atoms with E-state index >= 15 is 0 Å². The molecule has 1 aromatic rings. The SMILES string of the molecule is O=C(NCC1CCCO1)c1cccc(CNC(=O)C2CCCCN2)c1. The highest BCUT2D eigenvalue weighted by Crippen LogP contribution is 2.12. The third-order valence-corrected chi connectivity index (χ3v) is 4.80. The van der Waals surface area contributed by atoms with Gasteiger partial charge >= 0.3 is 0 Å². The predicted molar refractivity (Wildman–Crippen MR) is 95.2 cm³/mol. The average Bonchev–Trinajstić information content (AvgIpc) is 3.19. The maximum Gasteiger partial charge on any atom is 0.251 e. The number of hydrogen-bond donors (Lipinski definition) is 3. The first-order chi connectivity index (χ1) is 12.2. The molecule has 136 valence electrons. The van der Waals surface area contributed by atoms with Crippen molar-refractivity contribution in [2.24, 2.45) is 0 Å². The van der Waals surface area contributed by atoms with Gasteiger partial charge < -0.3 is 20.7 Å². The van der Waals surface area contributed by atoms with Gasteiger partial charge in [-0.1, -0.05) is 18.6 Å². The topological polar surface area (TPSA) is 79.5 Å². The highest BCUT2D eigenvalue weighted by Gasteiger charge is 2.20. The minimum absolute atomic E-state index is 0.0351. The zero-order chi connectivity index (χ0) is 17.5. The third-order valence-electron chi connectivity index (χ3n) is 4.80. The Bertz CT molecular complexity index is 593. The van der Waals surface area contributed by atoms with Gasteiger partial charge in [0, 0.05) is 25.3 Å². The van der Waals surface area contributed by atoms with Crippen LogP contribution in [0.3, 0.4) is 0 Å². The van der Waals surface area contributed by atoms with Gasteiger partial charge in [-0.05, 0) is 49.9 Å². The van der Waals surface area contributed by atoms with Gasteiger partial charge in [0.05, 0.1) is 12.1 Å². The number of benzene rings is 1. The van der Waals surface area contributed by atoms with Crippen LogP contribution >= 0.6 is 0 Å². The largest absolute Gasteiger partial charge is 0.376 e. The van der Waals surface area contributed by atoms with E-state index < -0.39 is 0 Å². The van der Waals surface area contributed by atoms with Crippen molar-refractivity contribution in [3.8, 4) is 0 Å². The van der Waals surface area contributed by atoms with Crippen molar-refractivity contribution < 1.29 is 14.3 Å². The monoisotopic (exact) mass is 345 g/mol. The van der Waals surface area contributed by atoms with Crippen molar-refractivity contribution in [2.75, 3.05) is 19.7 Å². The fourth-order valence-corrected chi connectivity index (χ4v) is 3.32. The number of nitrogens with one attached hydrogen (secondary N) is 3. The lowest BCUT2D eigenvalue weighted by Crippen LogP contribution is -2.46.